The van der Waals surface area contributed by atoms with E-state index in [2.05, 4.69) is 14.9 Å². The number of anilines is 1. The van der Waals surface area contributed by atoms with E-state index in [-0.39, 0.29) is 11.6 Å². The van der Waals surface area contributed by atoms with Crippen molar-refractivity contribution >= 4 is 28.3 Å². The number of hydrogen-bond acceptors (Lipinski definition) is 5. The fourth-order valence-electron chi connectivity index (χ4n) is 2.87. The van der Waals surface area contributed by atoms with E-state index < -0.39 is 4.92 Å². The van der Waals surface area contributed by atoms with Crippen LogP contribution in [0.5, 0.6) is 0 Å². The van der Waals surface area contributed by atoms with Crippen molar-refractivity contribution in [3.05, 3.63) is 64.0 Å². The van der Waals surface area contributed by atoms with E-state index in [1.54, 1.807) is 0 Å². The fraction of sp³-hybridized carbons (Fsp3) is 0.176. The Morgan fingerprint density at radius 1 is 1.24 bits per heavy atom. The van der Waals surface area contributed by atoms with Crippen molar-refractivity contribution in [3.8, 4) is 0 Å². The summed E-state index contributed by atoms with van der Waals surface area (Å²) in [6, 6.07) is 11.0. The Labute approximate surface area is 142 Å². The van der Waals surface area contributed by atoms with Crippen LogP contribution in [0.25, 0.3) is 11.0 Å². The van der Waals surface area contributed by atoms with Gasteiger partial charge in [0.25, 0.3) is 11.6 Å². The van der Waals surface area contributed by atoms with Crippen molar-refractivity contribution in [2.45, 2.75) is 13.2 Å². The summed E-state index contributed by atoms with van der Waals surface area (Å²) in [4.78, 5) is 27.0. The van der Waals surface area contributed by atoms with Crippen LogP contribution in [-0.2, 0) is 17.9 Å². The maximum Gasteiger partial charge on any atom is 0.269 e. The van der Waals surface area contributed by atoms with Crippen molar-refractivity contribution < 1.29 is 14.5 Å². The van der Waals surface area contributed by atoms with Gasteiger partial charge in [0.05, 0.1) is 22.6 Å². The van der Waals surface area contributed by atoms with Gasteiger partial charge in [-0.2, -0.15) is 0 Å². The van der Waals surface area contributed by atoms with Gasteiger partial charge in [-0.05, 0) is 30.3 Å². The normalized spacial score (nSPS) is 13.4. The number of nitro benzene ring substituents is 1. The highest BCUT2D eigenvalue weighted by atomic mass is 16.6. The molecule has 0 saturated carbocycles. The average Bonchev–Trinajstić information content (AvgIpc) is 2.99. The largest absolute Gasteiger partial charge is 0.372 e. The summed E-state index contributed by atoms with van der Waals surface area (Å²) in [6.45, 7) is 1.91. The molecule has 0 bridgehead atoms. The summed E-state index contributed by atoms with van der Waals surface area (Å²) in [5.74, 6) is 0.543. The van der Waals surface area contributed by atoms with Gasteiger partial charge in [0.15, 0.2) is 0 Å². The summed E-state index contributed by atoms with van der Waals surface area (Å²) in [5.41, 5.74) is 2.72. The predicted molar refractivity (Wildman–Crippen MR) is 90.4 cm³/mol. The van der Waals surface area contributed by atoms with Crippen molar-refractivity contribution in [2.75, 3.05) is 11.9 Å². The molecule has 1 amide bonds. The Bertz CT molecular complexity index is 978. The summed E-state index contributed by atoms with van der Waals surface area (Å²) in [5, 5.41) is 13.5. The molecule has 0 unspecified atom stereocenters. The van der Waals surface area contributed by atoms with E-state index >= 15 is 0 Å². The van der Waals surface area contributed by atoms with Gasteiger partial charge in [0, 0.05) is 29.9 Å². The van der Waals surface area contributed by atoms with Crippen LogP contribution in [0.4, 0.5) is 11.4 Å². The molecule has 0 spiro atoms. The van der Waals surface area contributed by atoms with E-state index in [9.17, 15) is 14.9 Å². The quantitative estimate of drug-likeness (QED) is 0.585. The van der Waals surface area contributed by atoms with Crippen molar-refractivity contribution in [3.63, 3.8) is 0 Å². The van der Waals surface area contributed by atoms with Gasteiger partial charge in [0.1, 0.15) is 12.4 Å². The van der Waals surface area contributed by atoms with E-state index in [0.29, 0.717) is 24.5 Å². The van der Waals surface area contributed by atoms with Gasteiger partial charge in [-0.15, -0.1) is 0 Å². The number of non-ortho nitro benzene ring substituents is 1. The lowest BCUT2D eigenvalue weighted by Crippen LogP contribution is -2.16. The molecule has 3 aromatic rings. The first-order valence-corrected chi connectivity index (χ1v) is 7.74. The van der Waals surface area contributed by atoms with Crippen LogP contribution in [-0.4, -0.2) is 27.0 Å². The molecule has 0 saturated heterocycles. The van der Waals surface area contributed by atoms with Crippen LogP contribution >= 0.6 is 0 Å². The number of amides is 1. The third kappa shape index (κ3) is 2.83. The lowest BCUT2D eigenvalue weighted by atomic mass is 10.2. The third-order valence-electron chi connectivity index (χ3n) is 4.12. The molecule has 8 heteroatoms. The first-order valence-electron chi connectivity index (χ1n) is 7.74. The molecule has 4 rings (SSSR count). The van der Waals surface area contributed by atoms with Gasteiger partial charge in [-0.1, -0.05) is 0 Å². The number of aromatic nitrogens is 2. The van der Waals surface area contributed by atoms with Crippen LogP contribution < -0.4 is 5.32 Å². The Morgan fingerprint density at radius 2 is 2.04 bits per heavy atom. The van der Waals surface area contributed by atoms with E-state index in [0.717, 1.165) is 23.4 Å². The molecule has 126 valence electrons. The van der Waals surface area contributed by atoms with Crippen molar-refractivity contribution in [1.82, 2.24) is 9.55 Å². The number of nitro groups is 1. The monoisotopic (exact) mass is 338 g/mol. The van der Waals surface area contributed by atoms with Gasteiger partial charge in [-0.3, -0.25) is 14.9 Å². The maximum absolute atomic E-state index is 12.3. The van der Waals surface area contributed by atoms with E-state index in [1.807, 2.05) is 18.2 Å². The Balaban J connectivity index is 1.57. The second kappa shape index (κ2) is 5.99. The fourth-order valence-corrected chi connectivity index (χ4v) is 2.87. The third-order valence-corrected chi connectivity index (χ3v) is 4.12. The number of carbonyl (C=O) groups excluding carboxylic acids is 1. The lowest BCUT2D eigenvalue weighted by molar-refractivity contribution is -0.384. The number of nitrogens with one attached hydrogen (secondary N) is 1. The number of ether oxygens (including phenoxy) is 1. The van der Waals surface area contributed by atoms with Crippen LogP contribution in [0.2, 0.25) is 0 Å². The number of imidazole rings is 1. The molecular weight excluding hydrogens is 324 g/mol. The Hall–Kier alpha value is -3.26. The van der Waals surface area contributed by atoms with E-state index in [1.165, 1.54) is 24.3 Å². The first kappa shape index (κ1) is 15.3. The molecule has 0 radical (unpaired) electrons. The average molecular weight is 338 g/mol. The molecule has 1 aliphatic heterocycles. The van der Waals surface area contributed by atoms with Gasteiger partial charge < -0.3 is 14.6 Å². The molecule has 1 aliphatic rings. The highest BCUT2D eigenvalue weighted by molar-refractivity contribution is 6.05. The second-order valence-corrected chi connectivity index (χ2v) is 5.69. The topological polar surface area (TPSA) is 99.3 Å². The van der Waals surface area contributed by atoms with Gasteiger partial charge >= 0.3 is 0 Å². The van der Waals surface area contributed by atoms with E-state index in [4.69, 9.17) is 4.74 Å². The van der Waals surface area contributed by atoms with Crippen LogP contribution in [0, 0.1) is 10.1 Å². The number of nitrogens with zero attached hydrogens (tertiary/aromatic N) is 3. The molecule has 1 aromatic heterocycles. The molecule has 2 aromatic carbocycles. The highest BCUT2D eigenvalue weighted by Gasteiger charge is 2.16. The SMILES string of the molecule is O=C(Nc1ccc2c(c1)nc1n2CCOC1)c1ccc([N+](=O)[O-])cc1. The molecule has 0 atom stereocenters. The number of benzene rings is 2. The minimum absolute atomic E-state index is 0.0521. The molecule has 25 heavy (non-hydrogen) atoms. The van der Waals surface area contributed by atoms with Crippen LogP contribution in [0.1, 0.15) is 16.2 Å². The molecule has 8 nitrogen and oxygen atoms in total. The zero-order valence-corrected chi connectivity index (χ0v) is 13.1. The molecule has 0 aliphatic carbocycles. The number of hydrogen-bond donors (Lipinski definition) is 1. The molecular formula is C17H14N4O4. The Kier molecular flexibility index (Phi) is 3.66. The number of fused-ring (bicyclic) bond motifs is 3. The van der Waals surface area contributed by atoms with Gasteiger partial charge in [0.2, 0.25) is 0 Å². The molecule has 0 fully saturated rings. The van der Waals surface area contributed by atoms with Crippen LogP contribution in [0.3, 0.4) is 0 Å². The first-order chi connectivity index (χ1) is 12.1. The number of rotatable bonds is 3. The van der Waals surface area contributed by atoms with Crippen molar-refractivity contribution in [1.29, 1.82) is 0 Å². The summed E-state index contributed by atoms with van der Waals surface area (Å²) in [6.07, 6.45) is 0. The van der Waals surface area contributed by atoms with Crippen LogP contribution in [0.15, 0.2) is 42.5 Å². The summed E-state index contributed by atoms with van der Waals surface area (Å²) in [7, 11) is 0. The molecule has 2 heterocycles. The lowest BCUT2D eigenvalue weighted by Gasteiger charge is -2.14. The van der Waals surface area contributed by atoms with Crippen molar-refractivity contribution in [2.24, 2.45) is 0 Å². The zero-order chi connectivity index (χ0) is 17.4. The van der Waals surface area contributed by atoms with Gasteiger partial charge in [-0.25, -0.2) is 4.98 Å². The smallest absolute Gasteiger partial charge is 0.269 e. The summed E-state index contributed by atoms with van der Waals surface area (Å²) < 4.78 is 7.52. The maximum atomic E-state index is 12.3. The second-order valence-electron chi connectivity index (χ2n) is 5.69. The molecule has 1 N–H and O–H groups in total. The predicted octanol–water partition coefficient (Wildman–Crippen LogP) is 2.73. The standard InChI is InChI=1S/C17H14N4O4/c22-17(11-1-4-13(5-2-11)21(23)24)18-12-3-6-15-14(9-12)19-16-10-25-8-7-20(15)16/h1-6,9H,7-8,10H2,(H,18,22). The highest BCUT2D eigenvalue weighted by Crippen LogP contribution is 2.23. The Morgan fingerprint density at radius 3 is 2.80 bits per heavy atom. The minimum atomic E-state index is -0.500. The number of carbonyl (C=O) groups is 1. The summed E-state index contributed by atoms with van der Waals surface area (Å²) >= 11 is 0. The zero-order valence-electron chi connectivity index (χ0n) is 13.1. The minimum Gasteiger partial charge on any atom is -0.372 e.